The fourth-order valence-corrected chi connectivity index (χ4v) is 3.19. The van der Waals surface area contributed by atoms with Crippen molar-refractivity contribution in [2.75, 3.05) is 11.9 Å². The second kappa shape index (κ2) is 5.06. The first kappa shape index (κ1) is 12.2. The van der Waals surface area contributed by atoms with Crippen LogP contribution in [-0.2, 0) is 6.54 Å². The van der Waals surface area contributed by atoms with Gasteiger partial charge in [0.25, 0.3) is 5.56 Å². The zero-order valence-corrected chi connectivity index (χ0v) is 11.8. The van der Waals surface area contributed by atoms with Gasteiger partial charge in [-0.15, -0.1) is 16.4 Å². The summed E-state index contributed by atoms with van der Waals surface area (Å²) in [7, 11) is 0. The van der Waals surface area contributed by atoms with Crippen LogP contribution in [0, 0.1) is 0 Å². The Morgan fingerprint density at radius 1 is 1.47 bits per heavy atom. The molecular formula is C11H11N5OS2. The fourth-order valence-electron chi connectivity index (χ4n) is 1.76. The van der Waals surface area contributed by atoms with Gasteiger partial charge in [-0.1, -0.05) is 4.49 Å². The first-order valence-corrected chi connectivity index (χ1v) is 7.42. The molecule has 98 valence electrons. The lowest BCUT2D eigenvalue weighted by atomic mass is 10.4. The van der Waals surface area contributed by atoms with Gasteiger partial charge in [0.05, 0.1) is 18.4 Å². The molecule has 3 heterocycles. The molecule has 0 unspecified atom stereocenters. The number of fused-ring (bicyclic) bond motifs is 1. The normalized spacial score (nSPS) is 11.0. The Hall–Kier alpha value is -1.80. The fraction of sp³-hybridized carbons (Fsp3) is 0.273. The summed E-state index contributed by atoms with van der Waals surface area (Å²) in [6.45, 7) is 3.20. The molecule has 0 spiro atoms. The first-order valence-electron chi connectivity index (χ1n) is 5.77. The highest BCUT2D eigenvalue weighted by atomic mass is 32.1. The highest BCUT2D eigenvalue weighted by molar-refractivity contribution is 7.17. The van der Waals surface area contributed by atoms with Crippen molar-refractivity contribution in [3.8, 4) is 0 Å². The number of aromatic nitrogens is 4. The smallest absolute Gasteiger partial charge is 0.271 e. The quantitative estimate of drug-likeness (QED) is 0.794. The molecule has 3 rings (SSSR count). The number of nitrogens with one attached hydrogen (secondary N) is 1. The third-order valence-electron chi connectivity index (χ3n) is 2.65. The third-order valence-corrected chi connectivity index (χ3v) is 4.27. The van der Waals surface area contributed by atoms with Crippen molar-refractivity contribution in [3.63, 3.8) is 0 Å². The molecule has 0 aliphatic carbocycles. The van der Waals surface area contributed by atoms with Crippen molar-refractivity contribution >= 4 is 38.1 Å². The Labute approximate surface area is 116 Å². The first-order chi connectivity index (χ1) is 9.29. The topological polar surface area (TPSA) is 72.7 Å². The zero-order chi connectivity index (χ0) is 13.2. The van der Waals surface area contributed by atoms with Gasteiger partial charge >= 0.3 is 0 Å². The largest absolute Gasteiger partial charge is 0.374 e. The van der Waals surface area contributed by atoms with Gasteiger partial charge in [-0.2, -0.15) is 0 Å². The van der Waals surface area contributed by atoms with Crippen molar-refractivity contribution in [3.05, 3.63) is 33.8 Å². The average Bonchev–Trinajstić information content (AvgIpc) is 3.03. The van der Waals surface area contributed by atoms with Gasteiger partial charge in [-0.3, -0.25) is 9.36 Å². The Bertz CT molecular complexity index is 760. The van der Waals surface area contributed by atoms with E-state index in [1.807, 2.05) is 18.4 Å². The van der Waals surface area contributed by atoms with Crippen LogP contribution in [0.5, 0.6) is 0 Å². The minimum absolute atomic E-state index is 0.0320. The molecule has 0 fully saturated rings. The summed E-state index contributed by atoms with van der Waals surface area (Å²) in [6.07, 6.45) is 1.56. The van der Waals surface area contributed by atoms with Crippen LogP contribution >= 0.6 is 22.9 Å². The molecule has 0 bridgehead atoms. The standard InChI is InChI=1S/C11H11N5OS2/c1-2-12-10-8(14-15-19-10)5-16-6-13-7-3-4-18-9(7)11(16)17/h3-4,6,12H,2,5H2,1H3. The van der Waals surface area contributed by atoms with Crippen LogP contribution in [0.1, 0.15) is 12.6 Å². The molecule has 8 heteroatoms. The molecule has 0 atom stereocenters. The minimum atomic E-state index is -0.0320. The van der Waals surface area contributed by atoms with E-state index in [4.69, 9.17) is 0 Å². The lowest BCUT2D eigenvalue weighted by molar-refractivity contribution is 0.728. The van der Waals surface area contributed by atoms with Crippen LogP contribution in [0.4, 0.5) is 5.00 Å². The Kier molecular flexibility index (Phi) is 3.26. The van der Waals surface area contributed by atoms with Crippen LogP contribution in [0.15, 0.2) is 22.6 Å². The molecule has 0 amide bonds. The molecule has 1 N–H and O–H groups in total. The van der Waals surface area contributed by atoms with E-state index in [1.54, 1.807) is 10.9 Å². The summed E-state index contributed by atoms with van der Waals surface area (Å²) in [6, 6.07) is 1.85. The number of nitrogens with zero attached hydrogens (tertiary/aromatic N) is 4. The van der Waals surface area contributed by atoms with Crippen molar-refractivity contribution in [2.45, 2.75) is 13.5 Å². The number of hydrogen-bond acceptors (Lipinski definition) is 7. The van der Waals surface area contributed by atoms with E-state index in [2.05, 4.69) is 19.9 Å². The van der Waals surface area contributed by atoms with Crippen LogP contribution in [0.2, 0.25) is 0 Å². The van der Waals surface area contributed by atoms with Gasteiger partial charge in [0, 0.05) is 18.1 Å². The molecule has 3 aromatic rings. The summed E-state index contributed by atoms with van der Waals surface area (Å²) in [4.78, 5) is 16.5. The van der Waals surface area contributed by atoms with E-state index in [0.29, 0.717) is 11.2 Å². The van der Waals surface area contributed by atoms with Crippen molar-refractivity contribution in [1.82, 2.24) is 19.1 Å². The lowest BCUT2D eigenvalue weighted by Crippen LogP contribution is -2.20. The van der Waals surface area contributed by atoms with Crippen LogP contribution in [0.3, 0.4) is 0 Å². The molecule has 0 aromatic carbocycles. The number of thiophene rings is 1. The van der Waals surface area contributed by atoms with E-state index in [0.717, 1.165) is 22.8 Å². The van der Waals surface area contributed by atoms with E-state index in [-0.39, 0.29) is 5.56 Å². The number of hydrogen-bond donors (Lipinski definition) is 1. The van der Waals surface area contributed by atoms with Gasteiger partial charge in [0.2, 0.25) is 0 Å². The van der Waals surface area contributed by atoms with Gasteiger partial charge in [0.15, 0.2) is 0 Å². The van der Waals surface area contributed by atoms with E-state index in [9.17, 15) is 4.79 Å². The van der Waals surface area contributed by atoms with Crippen molar-refractivity contribution in [1.29, 1.82) is 0 Å². The van der Waals surface area contributed by atoms with E-state index in [1.165, 1.54) is 22.9 Å². The molecule has 0 saturated heterocycles. The van der Waals surface area contributed by atoms with Gasteiger partial charge in [-0.05, 0) is 18.4 Å². The number of anilines is 1. The maximum atomic E-state index is 12.3. The zero-order valence-electron chi connectivity index (χ0n) is 10.2. The summed E-state index contributed by atoms with van der Waals surface area (Å²) >= 11 is 2.71. The van der Waals surface area contributed by atoms with Crippen LogP contribution in [-0.4, -0.2) is 25.7 Å². The van der Waals surface area contributed by atoms with Gasteiger partial charge < -0.3 is 5.32 Å². The Morgan fingerprint density at radius 3 is 3.21 bits per heavy atom. The monoisotopic (exact) mass is 293 g/mol. The molecule has 0 radical (unpaired) electrons. The maximum absolute atomic E-state index is 12.3. The molecule has 0 aliphatic rings. The molecule has 6 nitrogen and oxygen atoms in total. The van der Waals surface area contributed by atoms with E-state index >= 15 is 0 Å². The summed E-state index contributed by atoms with van der Waals surface area (Å²) in [5.74, 6) is 0. The molecule has 3 aromatic heterocycles. The second-order valence-corrected chi connectivity index (χ2v) is 5.56. The highest BCUT2D eigenvalue weighted by Gasteiger charge is 2.11. The summed E-state index contributed by atoms with van der Waals surface area (Å²) in [5.41, 5.74) is 1.48. The Balaban J connectivity index is 1.98. The predicted molar refractivity (Wildman–Crippen MR) is 77.1 cm³/mol. The SMILES string of the molecule is CCNc1snnc1Cn1cnc2ccsc2c1=O. The van der Waals surface area contributed by atoms with Crippen molar-refractivity contribution in [2.24, 2.45) is 0 Å². The Morgan fingerprint density at radius 2 is 2.37 bits per heavy atom. The maximum Gasteiger partial charge on any atom is 0.271 e. The molecule has 19 heavy (non-hydrogen) atoms. The van der Waals surface area contributed by atoms with Gasteiger partial charge in [0.1, 0.15) is 15.4 Å². The van der Waals surface area contributed by atoms with Crippen molar-refractivity contribution < 1.29 is 0 Å². The molecule has 0 saturated carbocycles. The lowest BCUT2D eigenvalue weighted by Gasteiger charge is -2.05. The van der Waals surface area contributed by atoms with Gasteiger partial charge in [-0.25, -0.2) is 4.98 Å². The van der Waals surface area contributed by atoms with Crippen LogP contribution < -0.4 is 10.9 Å². The molecular weight excluding hydrogens is 282 g/mol. The summed E-state index contributed by atoms with van der Waals surface area (Å²) in [5, 5.41) is 10.0. The third kappa shape index (κ3) is 2.24. The second-order valence-electron chi connectivity index (χ2n) is 3.89. The minimum Gasteiger partial charge on any atom is -0.374 e. The predicted octanol–water partition coefficient (Wildman–Crippen LogP) is 1.79. The van der Waals surface area contributed by atoms with Crippen LogP contribution in [0.25, 0.3) is 10.2 Å². The average molecular weight is 293 g/mol. The molecule has 0 aliphatic heterocycles. The number of rotatable bonds is 4. The highest BCUT2D eigenvalue weighted by Crippen LogP contribution is 2.18. The van der Waals surface area contributed by atoms with E-state index < -0.39 is 0 Å². The summed E-state index contributed by atoms with van der Waals surface area (Å²) < 4.78 is 6.16.